The lowest BCUT2D eigenvalue weighted by molar-refractivity contribution is -0.158. The molecule has 2 fully saturated rings. The predicted octanol–water partition coefficient (Wildman–Crippen LogP) is 9.08. The van der Waals surface area contributed by atoms with Gasteiger partial charge in [0.2, 0.25) is 0 Å². The molecule has 0 heterocycles. The van der Waals surface area contributed by atoms with Gasteiger partial charge in [-0.25, -0.2) is 19.2 Å². The second-order valence-electron chi connectivity index (χ2n) is 20.2. The maximum Gasteiger partial charge on any atom is 0.408 e. The molecule has 4 rings (SSSR count). The number of nitrogens with one attached hydrogen (secondary N) is 2. The smallest absolute Gasteiger partial charge is 0.408 e. The average molecular weight is 861 g/mol. The highest BCUT2D eigenvalue weighted by atomic mass is 28.4. The predicted molar refractivity (Wildman–Crippen MR) is 242 cm³/mol. The number of esters is 2. The van der Waals surface area contributed by atoms with E-state index in [4.69, 9.17) is 23.4 Å². The minimum atomic E-state index is -2.88. The monoisotopic (exact) mass is 861 g/mol. The molecule has 12 heteroatoms. The second-order valence-corrected chi connectivity index (χ2v) is 24.5. The highest BCUT2D eigenvalue weighted by Crippen LogP contribution is 2.53. The number of alkyl carbamates (subject to hydrolysis) is 2. The van der Waals surface area contributed by atoms with Crippen LogP contribution in [0.15, 0.2) is 84.0 Å². The van der Waals surface area contributed by atoms with E-state index in [1.165, 1.54) is 10.4 Å². The summed E-state index contributed by atoms with van der Waals surface area (Å²) in [5.74, 6) is -0.849. The summed E-state index contributed by atoms with van der Waals surface area (Å²) in [5, 5.41) is 7.73. The van der Waals surface area contributed by atoms with Crippen molar-refractivity contribution in [1.29, 1.82) is 0 Å². The normalized spacial score (nSPS) is 22.5. The summed E-state index contributed by atoms with van der Waals surface area (Å²) in [4.78, 5) is 51.8. The van der Waals surface area contributed by atoms with Gasteiger partial charge in [0.15, 0.2) is 0 Å². The lowest BCUT2D eigenvalue weighted by Crippen LogP contribution is -2.67. The first-order chi connectivity index (χ1) is 28.3. The number of amides is 2. The average Bonchev–Trinajstić information content (AvgIpc) is 3.13. The molecule has 336 valence electrons. The number of benzene rings is 2. The number of fused-ring (bicyclic) bond motifs is 1. The SMILES string of the molecule is C/C(=C\[C@H](C)NC(=O)OC(C)(C)C)C(=O)O[C@@H]1CCC2(CO[Si](c3ccccc3)(c3ccccc3)C(C)(C)C)CC[C@H](OC(=O)/C(C)=C/[C@H](C)NC(=O)OC(C)(C)C)CC2C1. The van der Waals surface area contributed by atoms with E-state index in [1.807, 2.05) is 12.1 Å². The third-order valence-corrected chi connectivity index (χ3v) is 16.5. The van der Waals surface area contributed by atoms with E-state index < -0.39 is 55.7 Å². The summed E-state index contributed by atoms with van der Waals surface area (Å²) in [6.45, 7) is 25.1. The number of hydrogen-bond acceptors (Lipinski definition) is 9. The van der Waals surface area contributed by atoms with Crippen LogP contribution in [0.1, 0.15) is 129 Å². The van der Waals surface area contributed by atoms with Crippen molar-refractivity contribution in [2.45, 2.75) is 169 Å². The molecule has 0 bridgehead atoms. The zero-order chi connectivity index (χ0) is 45.4. The van der Waals surface area contributed by atoms with Crippen LogP contribution in [0.5, 0.6) is 0 Å². The lowest BCUT2D eigenvalue weighted by Gasteiger charge is -2.53. The summed E-state index contributed by atoms with van der Waals surface area (Å²) in [5.41, 5.74) is -0.750. The molecular weight excluding hydrogens is 789 g/mol. The van der Waals surface area contributed by atoms with E-state index >= 15 is 0 Å². The van der Waals surface area contributed by atoms with E-state index in [1.54, 1.807) is 81.4 Å². The molecule has 0 aliphatic heterocycles. The van der Waals surface area contributed by atoms with Gasteiger partial charge in [-0.3, -0.25) is 0 Å². The van der Waals surface area contributed by atoms with Gasteiger partial charge in [0, 0.05) is 29.8 Å². The first kappa shape index (κ1) is 49.2. The summed E-state index contributed by atoms with van der Waals surface area (Å²) in [6.07, 6.45) is 5.58. The number of carbonyl (C=O) groups is 4. The van der Waals surface area contributed by atoms with Crippen molar-refractivity contribution in [2.75, 3.05) is 6.61 Å². The van der Waals surface area contributed by atoms with Crippen molar-refractivity contribution in [3.8, 4) is 0 Å². The Morgan fingerprint density at radius 3 is 1.39 bits per heavy atom. The molecule has 0 spiro atoms. The third-order valence-electron chi connectivity index (χ3n) is 11.6. The Morgan fingerprint density at radius 1 is 0.672 bits per heavy atom. The topological polar surface area (TPSA) is 138 Å². The Hall–Kier alpha value is -4.42. The Morgan fingerprint density at radius 2 is 1.05 bits per heavy atom. The van der Waals surface area contributed by atoms with Crippen molar-refractivity contribution in [3.05, 3.63) is 84.0 Å². The van der Waals surface area contributed by atoms with Gasteiger partial charge in [0.25, 0.3) is 8.32 Å². The van der Waals surface area contributed by atoms with Gasteiger partial charge < -0.3 is 34.0 Å². The van der Waals surface area contributed by atoms with E-state index in [0.29, 0.717) is 43.4 Å². The highest BCUT2D eigenvalue weighted by molar-refractivity contribution is 6.99. The molecule has 2 unspecified atom stereocenters. The fraction of sp³-hybridized carbons (Fsp3) is 0.592. The zero-order valence-electron chi connectivity index (χ0n) is 38.9. The molecular formula is C49H72N2O9Si. The summed E-state index contributed by atoms with van der Waals surface area (Å²) in [6, 6.07) is 20.3. The fourth-order valence-corrected chi connectivity index (χ4v) is 13.5. The molecule has 2 aromatic carbocycles. The van der Waals surface area contributed by atoms with Gasteiger partial charge in [-0.15, -0.1) is 0 Å². The lowest BCUT2D eigenvalue weighted by atomic mass is 9.58. The number of ether oxygens (including phenoxy) is 4. The maximum atomic E-state index is 13.5. The molecule has 0 aromatic heterocycles. The van der Waals surface area contributed by atoms with Crippen LogP contribution in [0.4, 0.5) is 9.59 Å². The van der Waals surface area contributed by atoms with Crippen molar-refractivity contribution in [2.24, 2.45) is 11.3 Å². The minimum Gasteiger partial charge on any atom is -0.459 e. The Kier molecular flexibility index (Phi) is 16.3. The molecule has 2 aromatic rings. The van der Waals surface area contributed by atoms with E-state index in [-0.39, 0.29) is 28.6 Å². The molecule has 11 nitrogen and oxygen atoms in total. The van der Waals surface area contributed by atoms with Crippen molar-refractivity contribution < 1.29 is 42.6 Å². The van der Waals surface area contributed by atoms with Crippen LogP contribution in [0.2, 0.25) is 5.04 Å². The quantitative estimate of drug-likeness (QED) is 0.0875. The molecule has 2 aliphatic carbocycles. The van der Waals surface area contributed by atoms with Crippen molar-refractivity contribution >= 4 is 42.8 Å². The van der Waals surface area contributed by atoms with Gasteiger partial charge in [-0.2, -0.15) is 0 Å². The van der Waals surface area contributed by atoms with E-state index in [9.17, 15) is 19.2 Å². The van der Waals surface area contributed by atoms with E-state index in [2.05, 4.69) is 79.9 Å². The Labute approximate surface area is 365 Å². The number of hydrogen-bond donors (Lipinski definition) is 2. The zero-order valence-corrected chi connectivity index (χ0v) is 39.9. The van der Waals surface area contributed by atoms with Crippen LogP contribution >= 0.6 is 0 Å². The van der Waals surface area contributed by atoms with Crippen molar-refractivity contribution in [1.82, 2.24) is 10.6 Å². The van der Waals surface area contributed by atoms with Crippen molar-refractivity contribution in [3.63, 3.8) is 0 Å². The number of rotatable bonds is 13. The standard InChI is InChI=1S/C49H72N2O9Si/c1-33(28-35(3)50-44(54)59-46(5,6)7)42(52)57-38-24-26-49(32-56-61(48(11,12)13,40-20-16-14-17-21-40)41-22-18-15-19-23-41)27-25-39(31-37(49)30-38)58-43(53)34(2)29-36(4)51-45(55)60-47(8,9)10/h14-23,28-29,35-39H,24-27,30-32H2,1-13H3,(H,50,54)(H,51,55)/b33-28+,34-29+/t35-,36-,37?,38-,39+,49?/m0/s1. The van der Waals surface area contributed by atoms with Gasteiger partial charge in [0.05, 0.1) is 0 Å². The summed E-state index contributed by atoms with van der Waals surface area (Å²) < 4.78 is 30.7. The largest absolute Gasteiger partial charge is 0.459 e. The van der Waals surface area contributed by atoms with E-state index in [0.717, 1.165) is 12.8 Å². The minimum absolute atomic E-state index is 0.0258. The van der Waals surface area contributed by atoms with Crippen LogP contribution in [0.25, 0.3) is 0 Å². The van der Waals surface area contributed by atoms with Gasteiger partial charge in [-0.1, -0.05) is 93.6 Å². The molecule has 2 amide bonds. The summed E-state index contributed by atoms with van der Waals surface area (Å²) in [7, 11) is -2.88. The van der Waals surface area contributed by atoms with Gasteiger partial charge in [0.1, 0.15) is 23.4 Å². The first-order valence-electron chi connectivity index (χ1n) is 21.9. The first-order valence-corrected chi connectivity index (χ1v) is 23.8. The molecule has 2 N–H and O–H groups in total. The Bertz CT molecular complexity index is 1760. The van der Waals surface area contributed by atoms with Gasteiger partial charge in [-0.05, 0) is 135 Å². The number of carbonyl (C=O) groups excluding carboxylic acids is 4. The van der Waals surface area contributed by atoms with Crippen LogP contribution in [0.3, 0.4) is 0 Å². The molecule has 2 aliphatic rings. The molecule has 0 radical (unpaired) electrons. The van der Waals surface area contributed by atoms with Gasteiger partial charge >= 0.3 is 24.1 Å². The highest BCUT2D eigenvalue weighted by Gasteiger charge is 2.54. The fourth-order valence-electron chi connectivity index (χ4n) is 8.83. The third kappa shape index (κ3) is 13.8. The maximum absolute atomic E-state index is 13.5. The molecule has 6 atom stereocenters. The summed E-state index contributed by atoms with van der Waals surface area (Å²) >= 11 is 0. The van der Waals surface area contributed by atoms with Crippen LogP contribution in [-0.2, 0) is 33.0 Å². The molecule has 0 saturated heterocycles. The Balaban J connectivity index is 1.58. The second kappa shape index (κ2) is 20.2. The van der Waals surface area contributed by atoms with Crippen LogP contribution in [0, 0.1) is 11.3 Å². The van der Waals surface area contributed by atoms with Crippen LogP contribution < -0.4 is 21.0 Å². The van der Waals surface area contributed by atoms with Crippen LogP contribution in [-0.4, -0.2) is 74.5 Å². The molecule has 2 saturated carbocycles. The molecule has 61 heavy (non-hydrogen) atoms.